The summed E-state index contributed by atoms with van der Waals surface area (Å²) in [5.74, 6) is -1.69. The highest BCUT2D eigenvalue weighted by atomic mass is 16.3. The van der Waals surface area contributed by atoms with Gasteiger partial charge in [-0.1, -0.05) is 42.5 Å². The Morgan fingerprint density at radius 3 is 1.54 bits per heavy atom. The number of carbonyl (C=O) groups is 2. The molecular weight excluding hydrogens is 332 g/mol. The van der Waals surface area contributed by atoms with E-state index in [0.717, 1.165) is 0 Å². The van der Waals surface area contributed by atoms with Gasteiger partial charge >= 0.3 is 0 Å². The Bertz CT molecular complexity index is 930. The zero-order valence-electron chi connectivity index (χ0n) is 13.7. The van der Waals surface area contributed by atoms with Crippen molar-refractivity contribution in [2.75, 3.05) is 0 Å². The van der Waals surface area contributed by atoms with Gasteiger partial charge in [-0.3, -0.25) is 9.59 Å². The molecule has 0 aliphatic heterocycles. The average Bonchev–Trinajstić information content (AvgIpc) is 2.68. The topological polar surface area (TPSA) is 94.8 Å². The number of phenols is 2. The van der Waals surface area contributed by atoms with Crippen LogP contribution in [0.5, 0.6) is 11.5 Å². The number of benzene rings is 3. The predicted octanol–water partition coefficient (Wildman–Crippen LogP) is 3.05. The molecule has 0 amide bonds. The van der Waals surface area contributed by atoms with Gasteiger partial charge in [0, 0.05) is 11.1 Å². The lowest BCUT2D eigenvalue weighted by atomic mass is 9.80. The molecule has 26 heavy (non-hydrogen) atoms. The summed E-state index contributed by atoms with van der Waals surface area (Å²) in [5, 5.41) is 30.1. The number of hydrogen-bond donors (Lipinski definition) is 3. The number of aromatic hydroxyl groups is 2. The highest BCUT2D eigenvalue weighted by molar-refractivity contribution is 6.22. The summed E-state index contributed by atoms with van der Waals surface area (Å²) in [6.45, 7) is 0. The fourth-order valence-corrected chi connectivity index (χ4v) is 2.69. The Labute approximate surface area is 149 Å². The highest BCUT2D eigenvalue weighted by Gasteiger charge is 2.46. The number of rotatable bonds is 5. The van der Waals surface area contributed by atoms with Crippen LogP contribution in [0, 0.1) is 0 Å². The number of Topliss-reactive ketones (excluding diaryl/α,β-unsaturated/α-hetero) is 2. The number of carbonyl (C=O) groups excluding carboxylic acids is 2. The van der Waals surface area contributed by atoms with Crippen LogP contribution in [0.15, 0.2) is 78.9 Å². The van der Waals surface area contributed by atoms with Crippen molar-refractivity contribution in [2.24, 2.45) is 0 Å². The second kappa shape index (κ2) is 6.82. The minimum atomic E-state index is -2.47. The molecular formula is C21H16O5. The van der Waals surface area contributed by atoms with Crippen LogP contribution in [-0.2, 0) is 5.60 Å². The second-order valence-corrected chi connectivity index (χ2v) is 5.83. The van der Waals surface area contributed by atoms with Crippen LogP contribution in [0.1, 0.15) is 26.3 Å². The molecule has 3 rings (SSSR count). The quantitative estimate of drug-likeness (QED) is 0.487. The molecule has 0 saturated carbocycles. The van der Waals surface area contributed by atoms with Gasteiger partial charge in [0.05, 0.1) is 0 Å². The summed E-state index contributed by atoms with van der Waals surface area (Å²) >= 11 is 0. The Balaban J connectivity index is 2.15. The molecule has 3 aromatic carbocycles. The fraction of sp³-hybridized carbons (Fsp3) is 0.0476. The van der Waals surface area contributed by atoms with Gasteiger partial charge in [0.15, 0.2) is 0 Å². The van der Waals surface area contributed by atoms with E-state index < -0.39 is 17.2 Å². The first-order chi connectivity index (χ1) is 12.4. The van der Waals surface area contributed by atoms with Gasteiger partial charge in [-0.25, -0.2) is 0 Å². The van der Waals surface area contributed by atoms with Gasteiger partial charge in [0.2, 0.25) is 17.2 Å². The third kappa shape index (κ3) is 3.08. The number of phenolic OH excluding ortho intramolecular Hbond substituents is 2. The normalized spacial score (nSPS) is 13.0. The number of hydrogen-bond acceptors (Lipinski definition) is 5. The van der Waals surface area contributed by atoms with E-state index in [-0.39, 0.29) is 28.2 Å². The predicted molar refractivity (Wildman–Crippen MR) is 95.2 cm³/mol. The van der Waals surface area contributed by atoms with Crippen molar-refractivity contribution in [1.82, 2.24) is 0 Å². The first-order valence-electron chi connectivity index (χ1n) is 7.88. The molecule has 130 valence electrons. The van der Waals surface area contributed by atoms with Crippen molar-refractivity contribution in [3.8, 4) is 11.5 Å². The monoisotopic (exact) mass is 348 g/mol. The van der Waals surface area contributed by atoms with Gasteiger partial charge in [0.1, 0.15) is 11.5 Å². The lowest BCUT2D eigenvalue weighted by Gasteiger charge is -2.26. The zero-order chi connectivity index (χ0) is 18.7. The molecule has 0 heterocycles. The van der Waals surface area contributed by atoms with Gasteiger partial charge in [-0.15, -0.1) is 0 Å². The summed E-state index contributed by atoms with van der Waals surface area (Å²) in [6.07, 6.45) is 0. The SMILES string of the molecule is O=C(c1ccccc1)C(O)(C(=O)c1ccc(O)cc1)c1ccc(O)cc1. The van der Waals surface area contributed by atoms with Crippen molar-refractivity contribution in [3.05, 3.63) is 95.6 Å². The molecule has 0 bridgehead atoms. The van der Waals surface area contributed by atoms with Crippen LogP contribution >= 0.6 is 0 Å². The summed E-state index contributed by atoms with van der Waals surface area (Å²) < 4.78 is 0. The molecule has 0 radical (unpaired) electrons. The molecule has 0 aliphatic rings. The van der Waals surface area contributed by atoms with Crippen LogP contribution in [0.4, 0.5) is 0 Å². The minimum Gasteiger partial charge on any atom is -0.508 e. The van der Waals surface area contributed by atoms with Crippen molar-refractivity contribution >= 4 is 11.6 Å². The molecule has 0 aromatic heterocycles. The molecule has 1 atom stereocenters. The van der Waals surface area contributed by atoms with E-state index in [4.69, 9.17) is 0 Å². The van der Waals surface area contributed by atoms with Crippen LogP contribution in [0.3, 0.4) is 0 Å². The molecule has 1 unspecified atom stereocenters. The highest BCUT2D eigenvalue weighted by Crippen LogP contribution is 2.31. The van der Waals surface area contributed by atoms with E-state index in [1.54, 1.807) is 18.2 Å². The largest absolute Gasteiger partial charge is 0.508 e. The van der Waals surface area contributed by atoms with Crippen molar-refractivity contribution in [3.63, 3.8) is 0 Å². The van der Waals surface area contributed by atoms with Gasteiger partial charge in [-0.2, -0.15) is 0 Å². The lowest BCUT2D eigenvalue weighted by Crippen LogP contribution is -2.44. The smallest absolute Gasteiger partial charge is 0.216 e. The maximum atomic E-state index is 13.1. The third-order valence-electron chi connectivity index (χ3n) is 4.11. The summed E-state index contributed by atoms with van der Waals surface area (Å²) in [7, 11) is 0. The van der Waals surface area contributed by atoms with Crippen LogP contribution in [0.2, 0.25) is 0 Å². The molecule has 3 N–H and O–H groups in total. The average molecular weight is 348 g/mol. The third-order valence-corrected chi connectivity index (χ3v) is 4.11. The molecule has 0 aliphatic carbocycles. The number of ketones is 2. The van der Waals surface area contributed by atoms with Crippen LogP contribution in [-0.4, -0.2) is 26.9 Å². The van der Waals surface area contributed by atoms with E-state index in [2.05, 4.69) is 0 Å². The number of aliphatic hydroxyl groups is 1. The minimum absolute atomic E-state index is 0.0379. The van der Waals surface area contributed by atoms with Crippen molar-refractivity contribution in [1.29, 1.82) is 0 Å². The van der Waals surface area contributed by atoms with Crippen LogP contribution in [0.25, 0.3) is 0 Å². The lowest BCUT2D eigenvalue weighted by molar-refractivity contribution is 0.0281. The Kier molecular flexibility index (Phi) is 4.56. The van der Waals surface area contributed by atoms with Gasteiger partial charge in [0.25, 0.3) is 0 Å². The zero-order valence-corrected chi connectivity index (χ0v) is 13.7. The molecule has 0 fully saturated rings. The van der Waals surface area contributed by atoms with Crippen LogP contribution < -0.4 is 0 Å². The molecule has 5 nitrogen and oxygen atoms in total. The maximum Gasteiger partial charge on any atom is 0.216 e. The Hall–Kier alpha value is -3.44. The van der Waals surface area contributed by atoms with E-state index in [9.17, 15) is 24.9 Å². The first-order valence-corrected chi connectivity index (χ1v) is 7.88. The van der Waals surface area contributed by atoms with Crippen molar-refractivity contribution in [2.45, 2.75) is 5.60 Å². The van der Waals surface area contributed by atoms with E-state index in [1.807, 2.05) is 0 Å². The molecule has 0 saturated heterocycles. The Morgan fingerprint density at radius 2 is 1.04 bits per heavy atom. The van der Waals surface area contributed by atoms with E-state index in [0.29, 0.717) is 0 Å². The molecule has 5 heteroatoms. The first kappa shape index (κ1) is 17.4. The van der Waals surface area contributed by atoms with E-state index in [1.165, 1.54) is 60.7 Å². The maximum absolute atomic E-state index is 13.1. The summed E-state index contributed by atoms with van der Waals surface area (Å²) in [4.78, 5) is 26.1. The van der Waals surface area contributed by atoms with Gasteiger partial charge in [-0.05, 0) is 42.0 Å². The van der Waals surface area contributed by atoms with Crippen molar-refractivity contribution < 1.29 is 24.9 Å². The molecule has 3 aromatic rings. The Morgan fingerprint density at radius 1 is 0.615 bits per heavy atom. The summed E-state index contributed by atoms with van der Waals surface area (Å²) in [6, 6.07) is 18.5. The van der Waals surface area contributed by atoms with Gasteiger partial charge < -0.3 is 15.3 Å². The second-order valence-electron chi connectivity index (χ2n) is 5.83. The molecule has 0 spiro atoms. The van der Waals surface area contributed by atoms with E-state index >= 15 is 0 Å². The summed E-state index contributed by atoms with van der Waals surface area (Å²) in [5.41, 5.74) is -2.17. The fourth-order valence-electron chi connectivity index (χ4n) is 2.69. The standard InChI is InChI=1S/C21H16O5/c22-17-10-6-15(7-11-17)20(25)21(26,16-8-12-18(23)13-9-16)19(24)14-4-2-1-3-5-14/h1-13,22-23,26H.